The Balaban J connectivity index is 1.68. The second kappa shape index (κ2) is 8.35. The molecule has 1 nitrogen and oxygen atoms in total. The Morgan fingerprint density at radius 2 is 1.21 bits per heavy atom. The van der Waals surface area contributed by atoms with E-state index in [0.29, 0.717) is 11.7 Å². The molecule has 1 N–H and O–H groups in total. The number of phenolic OH excluding ortho intramolecular Hbond substituents is 1. The molecule has 0 spiro atoms. The molecule has 0 saturated heterocycles. The average molecular weight is 316 g/mol. The molecular weight excluding hydrogens is 292 g/mol. The van der Waals surface area contributed by atoms with Crippen molar-refractivity contribution in [3.8, 4) is 5.75 Å². The van der Waals surface area contributed by atoms with Crippen molar-refractivity contribution in [3.63, 3.8) is 0 Å². The molecule has 0 aliphatic carbocycles. The Hall–Kier alpha value is -2.54. The van der Waals surface area contributed by atoms with Gasteiger partial charge in [-0.05, 0) is 60.4 Å². The fourth-order valence-corrected chi connectivity index (χ4v) is 3.24. The molecule has 3 rings (SSSR count). The lowest BCUT2D eigenvalue weighted by atomic mass is 9.87. The van der Waals surface area contributed by atoms with Crippen molar-refractivity contribution in [1.82, 2.24) is 0 Å². The largest absolute Gasteiger partial charge is 0.508 e. The van der Waals surface area contributed by atoms with Crippen LogP contribution in [0.2, 0.25) is 0 Å². The predicted molar refractivity (Wildman–Crippen MR) is 100 cm³/mol. The summed E-state index contributed by atoms with van der Waals surface area (Å²) in [6.07, 6.45) is 4.33. The van der Waals surface area contributed by atoms with E-state index in [1.807, 2.05) is 12.1 Å². The van der Waals surface area contributed by atoms with Crippen molar-refractivity contribution in [2.24, 2.45) is 0 Å². The van der Waals surface area contributed by atoms with Crippen molar-refractivity contribution in [1.29, 1.82) is 0 Å². The first kappa shape index (κ1) is 16.3. The lowest BCUT2D eigenvalue weighted by Gasteiger charge is -2.18. The Bertz CT molecular complexity index is 734. The van der Waals surface area contributed by atoms with Gasteiger partial charge in [-0.3, -0.25) is 0 Å². The summed E-state index contributed by atoms with van der Waals surface area (Å²) in [4.78, 5) is 0. The van der Waals surface area contributed by atoms with Crippen LogP contribution in [0.15, 0.2) is 84.9 Å². The molecule has 0 radical (unpaired) electrons. The number of benzene rings is 3. The summed E-state index contributed by atoms with van der Waals surface area (Å²) in [5, 5.41) is 9.65. The molecule has 0 aromatic heterocycles. The second-order valence-electron chi connectivity index (χ2n) is 6.34. The molecule has 0 aliphatic rings. The van der Waals surface area contributed by atoms with E-state index in [-0.39, 0.29) is 0 Å². The molecule has 24 heavy (non-hydrogen) atoms. The molecular formula is C23H24O. The summed E-state index contributed by atoms with van der Waals surface area (Å²) >= 11 is 0. The first-order chi connectivity index (χ1) is 11.8. The molecule has 1 heteroatoms. The highest BCUT2D eigenvalue weighted by Crippen LogP contribution is 2.27. The molecule has 0 aliphatic heterocycles. The van der Waals surface area contributed by atoms with E-state index in [0.717, 1.165) is 25.7 Å². The zero-order valence-electron chi connectivity index (χ0n) is 13.9. The second-order valence-corrected chi connectivity index (χ2v) is 6.34. The minimum Gasteiger partial charge on any atom is -0.508 e. The van der Waals surface area contributed by atoms with Gasteiger partial charge in [0.15, 0.2) is 0 Å². The van der Waals surface area contributed by atoms with Gasteiger partial charge in [-0.25, -0.2) is 0 Å². The molecule has 122 valence electrons. The maximum absolute atomic E-state index is 9.65. The Labute approximate surface area is 144 Å². The third-order valence-corrected chi connectivity index (χ3v) is 4.59. The molecule has 1 atom stereocenters. The lowest BCUT2D eigenvalue weighted by molar-refractivity contribution is 0.474. The van der Waals surface area contributed by atoms with Crippen LogP contribution in [-0.2, 0) is 12.8 Å². The van der Waals surface area contributed by atoms with Gasteiger partial charge in [0, 0.05) is 0 Å². The third-order valence-electron chi connectivity index (χ3n) is 4.59. The third kappa shape index (κ3) is 4.73. The van der Waals surface area contributed by atoms with E-state index in [1.54, 1.807) is 6.07 Å². The van der Waals surface area contributed by atoms with Gasteiger partial charge in [0.1, 0.15) is 5.75 Å². The van der Waals surface area contributed by atoms with Crippen LogP contribution in [0.5, 0.6) is 5.75 Å². The summed E-state index contributed by atoms with van der Waals surface area (Å²) in [7, 11) is 0. The van der Waals surface area contributed by atoms with Crippen molar-refractivity contribution < 1.29 is 5.11 Å². The SMILES string of the molecule is Oc1cccc(CCC(CCc2ccccc2)c2ccccc2)c1. The zero-order valence-corrected chi connectivity index (χ0v) is 13.9. The summed E-state index contributed by atoms with van der Waals surface area (Å²) in [5.41, 5.74) is 4.01. The van der Waals surface area contributed by atoms with Gasteiger partial charge in [-0.1, -0.05) is 72.8 Å². The molecule has 0 heterocycles. The maximum atomic E-state index is 9.65. The minimum atomic E-state index is 0.355. The van der Waals surface area contributed by atoms with Crippen molar-refractivity contribution >= 4 is 0 Å². The Morgan fingerprint density at radius 1 is 0.625 bits per heavy atom. The number of aryl methyl sites for hydroxylation is 2. The summed E-state index contributed by atoms with van der Waals surface area (Å²) in [6, 6.07) is 29.1. The fraction of sp³-hybridized carbons (Fsp3) is 0.217. The smallest absolute Gasteiger partial charge is 0.115 e. The van der Waals surface area contributed by atoms with E-state index in [4.69, 9.17) is 0 Å². The Kier molecular flexibility index (Phi) is 5.68. The highest BCUT2D eigenvalue weighted by Gasteiger charge is 2.12. The van der Waals surface area contributed by atoms with Gasteiger partial charge in [0.25, 0.3) is 0 Å². The topological polar surface area (TPSA) is 20.2 Å². The molecule has 0 saturated carbocycles. The number of phenols is 1. The minimum absolute atomic E-state index is 0.355. The van der Waals surface area contributed by atoms with E-state index in [1.165, 1.54) is 16.7 Å². The standard InChI is InChI=1S/C23H24O/c24-23-13-7-10-20(18-23)15-17-22(21-11-5-2-6-12-21)16-14-19-8-3-1-4-9-19/h1-13,18,22,24H,14-17H2. The summed E-state index contributed by atoms with van der Waals surface area (Å²) in [5.74, 6) is 0.891. The van der Waals surface area contributed by atoms with E-state index in [2.05, 4.69) is 66.7 Å². The quantitative estimate of drug-likeness (QED) is 0.589. The van der Waals surface area contributed by atoms with E-state index >= 15 is 0 Å². The lowest BCUT2D eigenvalue weighted by Crippen LogP contribution is -2.03. The molecule has 3 aromatic carbocycles. The first-order valence-corrected chi connectivity index (χ1v) is 8.68. The van der Waals surface area contributed by atoms with Crippen molar-refractivity contribution in [2.45, 2.75) is 31.6 Å². The molecule has 0 fully saturated rings. The monoisotopic (exact) mass is 316 g/mol. The highest BCUT2D eigenvalue weighted by molar-refractivity contribution is 5.28. The molecule has 0 bridgehead atoms. The van der Waals surface area contributed by atoms with Crippen LogP contribution in [-0.4, -0.2) is 5.11 Å². The van der Waals surface area contributed by atoms with E-state index < -0.39 is 0 Å². The average Bonchev–Trinajstić information content (AvgIpc) is 2.63. The van der Waals surface area contributed by atoms with Crippen LogP contribution < -0.4 is 0 Å². The van der Waals surface area contributed by atoms with Crippen LogP contribution in [0.1, 0.15) is 35.4 Å². The van der Waals surface area contributed by atoms with Gasteiger partial charge < -0.3 is 5.11 Å². The molecule has 3 aromatic rings. The predicted octanol–water partition coefficient (Wildman–Crippen LogP) is 5.74. The van der Waals surface area contributed by atoms with Crippen LogP contribution in [0.25, 0.3) is 0 Å². The summed E-state index contributed by atoms with van der Waals surface area (Å²) in [6.45, 7) is 0. The van der Waals surface area contributed by atoms with Crippen LogP contribution in [0, 0.1) is 0 Å². The number of rotatable bonds is 7. The first-order valence-electron chi connectivity index (χ1n) is 8.68. The van der Waals surface area contributed by atoms with Crippen LogP contribution in [0.3, 0.4) is 0 Å². The molecule has 1 unspecified atom stereocenters. The van der Waals surface area contributed by atoms with Gasteiger partial charge in [0.2, 0.25) is 0 Å². The maximum Gasteiger partial charge on any atom is 0.115 e. The normalized spacial score (nSPS) is 12.0. The van der Waals surface area contributed by atoms with Gasteiger partial charge in [-0.2, -0.15) is 0 Å². The number of hydrogen-bond donors (Lipinski definition) is 1. The van der Waals surface area contributed by atoms with Crippen LogP contribution in [0.4, 0.5) is 0 Å². The van der Waals surface area contributed by atoms with Gasteiger partial charge >= 0.3 is 0 Å². The van der Waals surface area contributed by atoms with Crippen molar-refractivity contribution in [3.05, 3.63) is 102 Å². The number of hydrogen-bond acceptors (Lipinski definition) is 1. The highest BCUT2D eigenvalue weighted by atomic mass is 16.3. The van der Waals surface area contributed by atoms with Crippen molar-refractivity contribution in [2.75, 3.05) is 0 Å². The Morgan fingerprint density at radius 3 is 1.88 bits per heavy atom. The number of aromatic hydroxyl groups is 1. The fourth-order valence-electron chi connectivity index (χ4n) is 3.24. The van der Waals surface area contributed by atoms with Gasteiger partial charge in [-0.15, -0.1) is 0 Å². The molecule has 0 amide bonds. The van der Waals surface area contributed by atoms with Crippen LogP contribution >= 0.6 is 0 Å². The zero-order chi connectivity index (χ0) is 16.6. The summed E-state index contributed by atoms with van der Waals surface area (Å²) < 4.78 is 0. The van der Waals surface area contributed by atoms with Gasteiger partial charge in [0.05, 0.1) is 0 Å². The van der Waals surface area contributed by atoms with E-state index in [9.17, 15) is 5.11 Å².